The smallest absolute Gasteiger partial charge is 0.243 e. The molecule has 11 nitrogen and oxygen atoms in total. The van der Waals surface area contributed by atoms with Crippen molar-refractivity contribution in [2.24, 2.45) is 0 Å². The van der Waals surface area contributed by atoms with Crippen molar-refractivity contribution in [1.82, 2.24) is 10.2 Å². The molecule has 2 saturated heterocycles. The van der Waals surface area contributed by atoms with Gasteiger partial charge in [0.25, 0.3) is 0 Å². The quantitative estimate of drug-likeness (QED) is 0.163. The number of morpholine rings is 1. The van der Waals surface area contributed by atoms with Crippen molar-refractivity contribution in [3.63, 3.8) is 0 Å². The fourth-order valence-electron chi connectivity index (χ4n) is 4.91. The van der Waals surface area contributed by atoms with Crippen molar-refractivity contribution in [3.05, 3.63) is 64.7 Å². The van der Waals surface area contributed by atoms with Crippen molar-refractivity contribution in [2.75, 3.05) is 46.0 Å². The Balaban J connectivity index is 1.34. The maximum absolute atomic E-state index is 12.2. The number of rotatable bonds is 11. The van der Waals surface area contributed by atoms with Gasteiger partial charge in [0.05, 0.1) is 19.8 Å². The number of aryl methyl sites for hydroxylation is 1. The second kappa shape index (κ2) is 14.7. The first-order valence-electron chi connectivity index (χ1n) is 13.9. The molecule has 2 aliphatic heterocycles. The summed E-state index contributed by atoms with van der Waals surface area (Å²) in [4.78, 5) is 14.5. The standard InChI is InChI=1S/C30H40N2O9/c1-19-15-22(34)17-24(40-30-29(38)28(37)27(36)25(18-33)41-30)23(19)16-21-5-3-20(4-6-21)7-8-26(35)31-9-2-10-32-11-13-39-14-12-32/h3-8,15,17,25,27-30,33-34,36-38H,2,9-14,16,18H2,1H3,(H,31,35)/b8-7+/t25-,27-,28+,29-,30-/m1/s1. The van der Waals surface area contributed by atoms with E-state index in [2.05, 4.69) is 10.2 Å². The Labute approximate surface area is 239 Å². The highest BCUT2D eigenvalue weighted by atomic mass is 16.7. The van der Waals surface area contributed by atoms with Crippen LogP contribution in [0.3, 0.4) is 0 Å². The average Bonchev–Trinajstić information content (AvgIpc) is 2.97. The van der Waals surface area contributed by atoms with Crippen molar-refractivity contribution >= 4 is 12.0 Å². The van der Waals surface area contributed by atoms with E-state index in [1.54, 1.807) is 12.1 Å². The fourth-order valence-corrected chi connectivity index (χ4v) is 4.91. The SMILES string of the molecule is Cc1cc(O)cc(O[C@@H]2O[C@H](CO)[C@@H](O)[C@H](O)[C@H]2O)c1Cc1ccc(/C=C/C(=O)NCCCN2CCOCC2)cc1. The van der Waals surface area contributed by atoms with Gasteiger partial charge in [0.15, 0.2) is 0 Å². The Morgan fingerprint density at radius 3 is 2.54 bits per heavy atom. The Bertz CT molecular complexity index is 1170. The molecule has 0 unspecified atom stereocenters. The summed E-state index contributed by atoms with van der Waals surface area (Å²) in [5.41, 5.74) is 3.25. The molecule has 6 N–H and O–H groups in total. The molecule has 11 heteroatoms. The summed E-state index contributed by atoms with van der Waals surface area (Å²) < 4.78 is 16.7. The molecule has 2 fully saturated rings. The number of hydrogen-bond acceptors (Lipinski definition) is 10. The van der Waals surface area contributed by atoms with E-state index in [9.17, 15) is 30.3 Å². The minimum atomic E-state index is -1.58. The van der Waals surface area contributed by atoms with E-state index >= 15 is 0 Å². The minimum absolute atomic E-state index is 0.0503. The highest BCUT2D eigenvalue weighted by Crippen LogP contribution is 2.33. The van der Waals surface area contributed by atoms with Gasteiger partial charge in [-0.15, -0.1) is 0 Å². The maximum atomic E-state index is 12.2. The third-order valence-electron chi connectivity index (χ3n) is 7.35. The van der Waals surface area contributed by atoms with Gasteiger partial charge in [-0.3, -0.25) is 9.69 Å². The lowest BCUT2D eigenvalue weighted by Crippen LogP contribution is -2.60. The Morgan fingerprint density at radius 1 is 1.10 bits per heavy atom. The van der Waals surface area contributed by atoms with E-state index in [1.807, 2.05) is 31.2 Å². The molecule has 4 rings (SSSR count). The fraction of sp³-hybridized carbons (Fsp3) is 0.500. The first-order chi connectivity index (χ1) is 19.7. The van der Waals surface area contributed by atoms with Crippen LogP contribution in [0.4, 0.5) is 0 Å². The van der Waals surface area contributed by atoms with E-state index in [0.29, 0.717) is 13.0 Å². The summed E-state index contributed by atoms with van der Waals surface area (Å²) in [6.45, 7) is 6.17. The van der Waals surface area contributed by atoms with Crippen molar-refractivity contribution < 1.29 is 44.5 Å². The van der Waals surface area contributed by atoms with E-state index in [-0.39, 0.29) is 17.4 Å². The molecule has 2 aromatic rings. The Kier molecular flexibility index (Phi) is 11.1. The summed E-state index contributed by atoms with van der Waals surface area (Å²) in [5, 5.41) is 53.1. The van der Waals surface area contributed by atoms with E-state index in [1.165, 1.54) is 12.1 Å². The second-order valence-corrected chi connectivity index (χ2v) is 10.4. The average molecular weight is 573 g/mol. The molecular weight excluding hydrogens is 532 g/mol. The van der Waals surface area contributed by atoms with Gasteiger partial charge in [-0.1, -0.05) is 24.3 Å². The second-order valence-electron chi connectivity index (χ2n) is 10.4. The molecular formula is C30H40N2O9. The monoisotopic (exact) mass is 572 g/mol. The number of phenolic OH excluding ortho intramolecular Hbond substituents is 1. The molecule has 41 heavy (non-hydrogen) atoms. The number of carbonyl (C=O) groups excluding carboxylic acids is 1. The van der Waals surface area contributed by atoms with Crippen LogP contribution in [-0.2, 0) is 20.7 Å². The van der Waals surface area contributed by atoms with Crippen LogP contribution in [-0.4, -0.2) is 113 Å². The van der Waals surface area contributed by atoms with Crippen LogP contribution in [0.1, 0.15) is 28.7 Å². The number of amides is 1. The van der Waals surface area contributed by atoms with Crippen LogP contribution in [0.5, 0.6) is 11.5 Å². The number of nitrogens with zero attached hydrogens (tertiary/aromatic N) is 1. The molecule has 2 aromatic carbocycles. The first kappa shape index (κ1) is 30.9. The highest BCUT2D eigenvalue weighted by molar-refractivity contribution is 5.91. The van der Waals surface area contributed by atoms with Crippen LogP contribution in [0.15, 0.2) is 42.5 Å². The van der Waals surface area contributed by atoms with Gasteiger partial charge in [0.1, 0.15) is 35.9 Å². The summed E-state index contributed by atoms with van der Waals surface area (Å²) in [5.74, 6) is 0.0394. The predicted octanol–water partition coefficient (Wildman–Crippen LogP) is 0.322. The van der Waals surface area contributed by atoms with Gasteiger partial charge >= 0.3 is 0 Å². The number of nitrogens with one attached hydrogen (secondary N) is 1. The molecule has 0 radical (unpaired) electrons. The number of phenols is 1. The van der Waals surface area contributed by atoms with E-state index in [4.69, 9.17) is 14.2 Å². The molecule has 2 heterocycles. The van der Waals surface area contributed by atoms with Gasteiger partial charge in [0.2, 0.25) is 12.2 Å². The third kappa shape index (κ3) is 8.49. The van der Waals surface area contributed by atoms with Crippen molar-refractivity contribution in [2.45, 2.75) is 50.5 Å². The maximum Gasteiger partial charge on any atom is 0.243 e. The zero-order valence-electron chi connectivity index (χ0n) is 23.2. The predicted molar refractivity (Wildman–Crippen MR) is 150 cm³/mol. The number of benzene rings is 2. The zero-order chi connectivity index (χ0) is 29.4. The van der Waals surface area contributed by atoms with Crippen LogP contribution in [0, 0.1) is 6.92 Å². The lowest BCUT2D eigenvalue weighted by atomic mass is 9.97. The number of carbonyl (C=O) groups is 1. The molecule has 0 saturated carbocycles. The summed E-state index contributed by atoms with van der Waals surface area (Å²) in [7, 11) is 0. The topological polar surface area (TPSA) is 161 Å². The summed E-state index contributed by atoms with van der Waals surface area (Å²) in [6.07, 6.45) is -2.57. The summed E-state index contributed by atoms with van der Waals surface area (Å²) in [6, 6.07) is 10.6. The lowest BCUT2D eigenvalue weighted by Gasteiger charge is -2.39. The van der Waals surface area contributed by atoms with Crippen molar-refractivity contribution in [1.29, 1.82) is 0 Å². The van der Waals surface area contributed by atoms with Gasteiger partial charge < -0.3 is 45.1 Å². The van der Waals surface area contributed by atoms with Gasteiger partial charge in [-0.05, 0) is 48.7 Å². The minimum Gasteiger partial charge on any atom is -0.508 e. The van der Waals surface area contributed by atoms with Gasteiger partial charge in [0, 0.05) is 43.8 Å². The number of aliphatic hydroxyl groups is 4. The van der Waals surface area contributed by atoms with Crippen LogP contribution in [0.25, 0.3) is 6.08 Å². The Hall–Kier alpha value is -3.03. The highest BCUT2D eigenvalue weighted by Gasteiger charge is 2.45. The van der Waals surface area contributed by atoms with Crippen LogP contribution < -0.4 is 10.1 Å². The Morgan fingerprint density at radius 2 is 1.83 bits per heavy atom. The number of hydrogen-bond donors (Lipinski definition) is 6. The van der Waals surface area contributed by atoms with E-state index in [0.717, 1.165) is 61.5 Å². The summed E-state index contributed by atoms with van der Waals surface area (Å²) >= 11 is 0. The largest absolute Gasteiger partial charge is 0.508 e. The molecule has 224 valence electrons. The molecule has 0 bridgehead atoms. The molecule has 1 amide bonds. The normalized spacial score (nSPS) is 25.3. The zero-order valence-corrected chi connectivity index (χ0v) is 23.2. The molecule has 0 aliphatic carbocycles. The molecule has 0 spiro atoms. The molecule has 0 aromatic heterocycles. The number of aromatic hydroxyl groups is 1. The van der Waals surface area contributed by atoms with Crippen LogP contribution in [0.2, 0.25) is 0 Å². The van der Waals surface area contributed by atoms with Gasteiger partial charge in [-0.2, -0.15) is 0 Å². The number of aliphatic hydroxyl groups excluding tert-OH is 4. The van der Waals surface area contributed by atoms with Gasteiger partial charge in [-0.25, -0.2) is 0 Å². The van der Waals surface area contributed by atoms with E-state index < -0.39 is 37.3 Å². The lowest BCUT2D eigenvalue weighted by molar-refractivity contribution is -0.277. The first-order valence-corrected chi connectivity index (χ1v) is 13.9. The van der Waals surface area contributed by atoms with Crippen molar-refractivity contribution in [3.8, 4) is 11.5 Å². The third-order valence-corrected chi connectivity index (χ3v) is 7.35. The number of ether oxygens (including phenoxy) is 3. The van der Waals surface area contributed by atoms with Crippen LogP contribution >= 0.6 is 0 Å². The molecule has 5 atom stereocenters. The molecule has 2 aliphatic rings.